The van der Waals surface area contributed by atoms with E-state index in [0.29, 0.717) is 6.54 Å². The molecule has 1 aromatic carbocycles. The Morgan fingerprint density at radius 3 is 2.76 bits per heavy atom. The number of nitrogens with two attached hydrogens (primary N) is 1. The first kappa shape index (κ1) is 16.7. The van der Waals surface area contributed by atoms with Crippen LogP contribution in [0, 0.1) is 0 Å². The van der Waals surface area contributed by atoms with Crippen LogP contribution < -0.4 is 10.5 Å². The van der Waals surface area contributed by atoms with E-state index in [-0.39, 0.29) is 11.6 Å². The van der Waals surface area contributed by atoms with E-state index < -0.39 is 0 Å². The van der Waals surface area contributed by atoms with Crippen LogP contribution in [0.25, 0.3) is 0 Å². The van der Waals surface area contributed by atoms with Gasteiger partial charge in [0.05, 0.1) is 17.2 Å². The van der Waals surface area contributed by atoms with E-state index in [9.17, 15) is 0 Å². The molecule has 4 nitrogen and oxygen atoms in total. The molecule has 0 radical (unpaired) electrons. The van der Waals surface area contributed by atoms with Crippen LogP contribution in [-0.4, -0.2) is 44.4 Å². The van der Waals surface area contributed by atoms with Crippen LogP contribution in [0.15, 0.2) is 22.7 Å². The molecule has 0 saturated carbocycles. The fourth-order valence-corrected chi connectivity index (χ4v) is 3.62. The number of hydrogen-bond donors (Lipinski definition) is 1. The van der Waals surface area contributed by atoms with E-state index in [4.69, 9.17) is 15.2 Å². The van der Waals surface area contributed by atoms with E-state index >= 15 is 0 Å². The lowest BCUT2D eigenvalue weighted by atomic mass is 9.92. The smallest absolute Gasteiger partial charge is 0.133 e. The molecule has 1 aliphatic rings. The molecule has 0 aliphatic carbocycles. The average molecular weight is 357 g/mol. The maximum atomic E-state index is 6.06. The summed E-state index contributed by atoms with van der Waals surface area (Å²) in [6.45, 7) is 4.74. The highest BCUT2D eigenvalue weighted by Crippen LogP contribution is 2.33. The van der Waals surface area contributed by atoms with Crippen LogP contribution in [0.4, 0.5) is 0 Å². The molecule has 2 unspecified atom stereocenters. The molecule has 1 saturated heterocycles. The number of benzene rings is 1. The van der Waals surface area contributed by atoms with Gasteiger partial charge in [-0.25, -0.2) is 0 Å². The summed E-state index contributed by atoms with van der Waals surface area (Å²) in [5, 5.41) is 0. The van der Waals surface area contributed by atoms with Gasteiger partial charge in [-0.1, -0.05) is 6.07 Å². The van der Waals surface area contributed by atoms with Crippen molar-refractivity contribution in [2.45, 2.75) is 31.4 Å². The van der Waals surface area contributed by atoms with Crippen LogP contribution in [0.3, 0.4) is 0 Å². The third-order valence-corrected chi connectivity index (χ3v) is 5.03. The molecule has 1 aliphatic heterocycles. The average Bonchev–Trinajstić information content (AvgIpc) is 2.48. The Labute approximate surface area is 135 Å². The van der Waals surface area contributed by atoms with Gasteiger partial charge < -0.3 is 15.2 Å². The maximum Gasteiger partial charge on any atom is 0.133 e. The normalized spacial score (nSPS) is 24.8. The Bertz CT molecular complexity index is 483. The van der Waals surface area contributed by atoms with Crippen LogP contribution in [0.5, 0.6) is 5.75 Å². The summed E-state index contributed by atoms with van der Waals surface area (Å²) in [6, 6.07) is 6.40. The monoisotopic (exact) mass is 356 g/mol. The second-order valence-corrected chi connectivity index (χ2v) is 6.73. The Morgan fingerprint density at radius 2 is 2.19 bits per heavy atom. The number of halogens is 1. The zero-order valence-electron chi connectivity index (χ0n) is 13.1. The quantitative estimate of drug-likeness (QED) is 0.880. The molecule has 1 heterocycles. The van der Waals surface area contributed by atoms with Crippen LogP contribution in [0.2, 0.25) is 0 Å². The summed E-state index contributed by atoms with van der Waals surface area (Å²) in [4.78, 5) is 2.43. The molecule has 2 atom stereocenters. The highest BCUT2D eigenvalue weighted by atomic mass is 79.9. The number of rotatable bonds is 5. The third-order valence-electron chi connectivity index (χ3n) is 4.41. The molecule has 0 spiro atoms. The number of ether oxygens (including phenoxy) is 2. The Kier molecular flexibility index (Phi) is 5.66. The lowest BCUT2D eigenvalue weighted by Gasteiger charge is -2.43. The number of nitrogens with zero attached hydrogens (tertiary/aromatic N) is 1. The first-order valence-corrected chi connectivity index (χ1v) is 8.15. The number of hydrogen-bond acceptors (Lipinski definition) is 4. The van der Waals surface area contributed by atoms with Gasteiger partial charge in [0.1, 0.15) is 5.75 Å². The van der Waals surface area contributed by atoms with E-state index in [2.05, 4.69) is 39.9 Å². The van der Waals surface area contributed by atoms with Crippen molar-refractivity contribution in [1.29, 1.82) is 0 Å². The Hall–Kier alpha value is -0.620. The van der Waals surface area contributed by atoms with Crippen molar-refractivity contribution in [1.82, 2.24) is 4.90 Å². The van der Waals surface area contributed by atoms with Gasteiger partial charge >= 0.3 is 0 Å². The van der Waals surface area contributed by atoms with Crippen molar-refractivity contribution in [2.75, 3.05) is 33.9 Å². The topological polar surface area (TPSA) is 47.7 Å². The molecule has 1 aromatic rings. The summed E-state index contributed by atoms with van der Waals surface area (Å²) >= 11 is 3.56. The van der Waals surface area contributed by atoms with Gasteiger partial charge in [-0.2, -0.15) is 0 Å². The summed E-state index contributed by atoms with van der Waals surface area (Å²) in [7, 11) is 3.47. The molecule has 0 amide bonds. The van der Waals surface area contributed by atoms with Crippen molar-refractivity contribution < 1.29 is 9.47 Å². The predicted octanol–water partition coefficient (Wildman–Crippen LogP) is 2.96. The molecule has 118 valence electrons. The molecular weight excluding hydrogens is 332 g/mol. The zero-order valence-corrected chi connectivity index (χ0v) is 14.6. The van der Waals surface area contributed by atoms with Crippen LogP contribution in [0.1, 0.15) is 31.4 Å². The molecule has 0 bridgehead atoms. The van der Waals surface area contributed by atoms with Gasteiger partial charge in [-0.05, 0) is 59.9 Å². The Balaban J connectivity index is 2.21. The van der Waals surface area contributed by atoms with Crippen molar-refractivity contribution in [2.24, 2.45) is 5.73 Å². The van der Waals surface area contributed by atoms with Gasteiger partial charge in [0.15, 0.2) is 0 Å². The van der Waals surface area contributed by atoms with Crippen molar-refractivity contribution >= 4 is 15.9 Å². The minimum atomic E-state index is -0.0740. The van der Waals surface area contributed by atoms with E-state index in [1.807, 2.05) is 6.07 Å². The number of likely N-dealkylation sites (tertiary alicyclic amines) is 1. The third kappa shape index (κ3) is 3.77. The molecule has 0 aromatic heterocycles. The van der Waals surface area contributed by atoms with Crippen LogP contribution >= 0.6 is 15.9 Å². The number of piperidine rings is 1. The summed E-state index contributed by atoms with van der Waals surface area (Å²) in [5.41, 5.74) is 7.20. The van der Waals surface area contributed by atoms with E-state index in [0.717, 1.165) is 36.2 Å². The van der Waals surface area contributed by atoms with Gasteiger partial charge in [0, 0.05) is 26.2 Å². The second-order valence-electron chi connectivity index (χ2n) is 5.87. The molecule has 5 heteroatoms. The molecule has 2 N–H and O–H groups in total. The predicted molar refractivity (Wildman–Crippen MR) is 88.7 cm³/mol. The standard InChI is InChI=1S/C16H25BrN2O2/c1-16(21-3)7-4-8-19(11-16)14(10-18)12-5-6-15(20-2)13(17)9-12/h5-6,9,14H,4,7-8,10-11,18H2,1-3H3. The van der Waals surface area contributed by atoms with Gasteiger partial charge in [-0.3, -0.25) is 4.90 Å². The molecule has 21 heavy (non-hydrogen) atoms. The van der Waals surface area contributed by atoms with Crippen molar-refractivity contribution in [3.63, 3.8) is 0 Å². The Morgan fingerprint density at radius 1 is 1.43 bits per heavy atom. The highest BCUT2D eigenvalue weighted by molar-refractivity contribution is 9.10. The van der Waals surface area contributed by atoms with E-state index in [1.54, 1.807) is 14.2 Å². The lowest BCUT2D eigenvalue weighted by Crippen LogP contribution is -2.49. The highest BCUT2D eigenvalue weighted by Gasteiger charge is 2.34. The fraction of sp³-hybridized carbons (Fsp3) is 0.625. The van der Waals surface area contributed by atoms with Crippen molar-refractivity contribution in [3.05, 3.63) is 28.2 Å². The van der Waals surface area contributed by atoms with Gasteiger partial charge in [0.2, 0.25) is 0 Å². The molecular formula is C16H25BrN2O2. The first-order chi connectivity index (χ1) is 10.0. The van der Waals surface area contributed by atoms with Gasteiger partial charge in [-0.15, -0.1) is 0 Å². The summed E-state index contributed by atoms with van der Waals surface area (Å²) in [5.74, 6) is 0.842. The fourth-order valence-electron chi connectivity index (χ4n) is 3.06. The largest absolute Gasteiger partial charge is 0.496 e. The minimum absolute atomic E-state index is 0.0740. The minimum Gasteiger partial charge on any atom is -0.496 e. The first-order valence-electron chi connectivity index (χ1n) is 7.35. The number of methoxy groups -OCH3 is 2. The van der Waals surface area contributed by atoms with Crippen LogP contribution in [-0.2, 0) is 4.74 Å². The molecule has 2 rings (SSSR count). The summed E-state index contributed by atoms with van der Waals surface area (Å²) in [6.07, 6.45) is 2.24. The SMILES string of the molecule is COc1ccc(C(CN)N2CCCC(C)(OC)C2)cc1Br. The summed E-state index contributed by atoms with van der Waals surface area (Å²) < 4.78 is 12.0. The lowest BCUT2D eigenvalue weighted by molar-refractivity contribution is -0.0608. The van der Waals surface area contributed by atoms with E-state index in [1.165, 1.54) is 5.56 Å². The zero-order chi connectivity index (χ0) is 15.5. The van der Waals surface area contributed by atoms with Gasteiger partial charge in [0.25, 0.3) is 0 Å². The second kappa shape index (κ2) is 7.09. The molecule has 1 fully saturated rings. The maximum absolute atomic E-state index is 6.06. The van der Waals surface area contributed by atoms with Crippen molar-refractivity contribution in [3.8, 4) is 5.75 Å².